The number of nitrogens with one attached hydrogen (secondary N) is 1. The SMILES string of the molecule is O=C(NC1CCCCCC1CO)c1ccccc1. The predicted molar refractivity (Wildman–Crippen MR) is 71.4 cm³/mol. The van der Waals surface area contributed by atoms with Crippen molar-refractivity contribution in [3.8, 4) is 0 Å². The molecule has 98 valence electrons. The van der Waals surface area contributed by atoms with E-state index in [9.17, 15) is 9.90 Å². The van der Waals surface area contributed by atoms with Crippen molar-refractivity contribution in [2.45, 2.75) is 38.1 Å². The van der Waals surface area contributed by atoms with Crippen molar-refractivity contribution in [3.05, 3.63) is 35.9 Å². The van der Waals surface area contributed by atoms with Gasteiger partial charge in [0.1, 0.15) is 0 Å². The molecular weight excluding hydrogens is 226 g/mol. The minimum absolute atomic E-state index is 0.0269. The highest BCUT2D eigenvalue weighted by atomic mass is 16.3. The average molecular weight is 247 g/mol. The van der Waals surface area contributed by atoms with Gasteiger partial charge in [0.05, 0.1) is 0 Å². The van der Waals surface area contributed by atoms with Crippen LogP contribution in [0, 0.1) is 5.92 Å². The van der Waals surface area contributed by atoms with Crippen LogP contribution in [0.5, 0.6) is 0 Å². The molecule has 0 saturated heterocycles. The van der Waals surface area contributed by atoms with E-state index in [0.717, 1.165) is 25.7 Å². The second-order valence-corrected chi connectivity index (χ2v) is 5.03. The second-order valence-electron chi connectivity index (χ2n) is 5.03. The van der Waals surface area contributed by atoms with Crippen LogP contribution in [0.25, 0.3) is 0 Å². The van der Waals surface area contributed by atoms with E-state index in [1.165, 1.54) is 6.42 Å². The zero-order chi connectivity index (χ0) is 12.8. The largest absolute Gasteiger partial charge is 0.396 e. The van der Waals surface area contributed by atoms with Crippen LogP contribution in [-0.4, -0.2) is 23.7 Å². The minimum atomic E-state index is -0.0269. The molecule has 0 spiro atoms. The summed E-state index contributed by atoms with van der Waals surface area (Å²) in [6.45, 7) is 0.166. The number of hydrogen-bond donors (Lipinski definition) is 2. The summed E-state index contributed by atoms with van der Waals surface area (Å²) in [7, 11) is 0. The summed E-state index contributed by atoms with van der Waals surface area (Å²) in [5, 5.41) is 12.5. The Labute approximate surface area is 108 Å². The Morgan fingerprint density at radius 2 is 1.89 bits per heavy atom. The summed E-state index contributed by atoms with van der Waals surface area (Å²) >= 11 is 0. The van der Waals surface area contributed by atoms with Crippen molar-refractivity contribution in [1.29, 1.82) is 0 Å². The van der Waals surface area contributed by atoms with Gasteiger partial charge in [0, 0.05) is 24.1 Å². The first-order valence-corrected chi connectivity index (χ1v) is 6.78. The summed E-state index contributed by atoms with van der Waals surface area (Å²) in [4.78, 5) is 12.1. The third-order valence-corrected chi connectivity index (χ3v) is 3.75. The minimum Gasteiger partial charge on any atom is -0.396 e. The molecule has 2 unspecified atom stereocenters. The van der Waals surface area contributed by atoms with Crippen molar-refractivity contribution in [2.24, 2.45) is 5.92 Å². The van der Waals surface area contributed by atoms with Gasteiger partial charge in [-0.15, -0.1) is 0 Å². The van der Waals surface area contributed by atoms with Gasteiger partial charge in [0.25, 0.3) is 5.91 Å². The zero-order valence-electron chi connectivity index (χ0n) is 10.6. The van der Waals surface area contributed by atoms with Crippen LogP contribution in [0.15, 0.2) is 30.3 Å². The van der Waals surface area contributed by atoms with Crippen LogP contribution < -0.4 is 5.32 Å². The van der Waals surface area contributed by atoms with Gasteiger partial charge in [0.15, 0.2) is 0 Å². The zero-order valence-corrected chi connectivity index (χ0v) is 10.6. The number of rotatable bonds is 3. The first-order chi connectivity index (χ1) is 8.81. The molecular formula is C15H21NO2. The number of aliphatic hydroxyl groups excluding tert-OH is 1. The highest BCUT2D eigenvalue weighted by molar-refractivity contribution is 5.94. The number of carbonyl (C=O) groups is 1. The molecule has 3 heteroatoms. The van der Waals surface area contributed by atoms with Crippen LogP contribution in [0.1, 0.15) is 42.5 Å². The average Bonchev–Trinajstić information content (AvgIpc) is 2.64. The maximum absolute atomic E-state index is 12.1. The lowest BCUT2D eigenvalue weighted by Crippen LogP contribution is -2.41. The van der Waals surface area contributed by atoms with Crippen molar-refractivity contribution in [2.75, 3.05) is 6.61 Å². The molecule has 3 nitrogen and oxygen atoms in total. The van der Waals surface area contributed by atoms with Crippen LogP contribution in [0.3, 0.4) is 0 Å². The molecule has 0 bridgehead atoms. The molecule has 0 radical (unpaired) electrons. The van der Waals surface area contributed by atoms with Crippen LogP contribution in [-0.2, 0) is 0 Å². The summed E-state index contributed by atoms with van der Waals surface area (Å²) in [6.07, 6.45) is 5.48. The molecule has 1 aromatic rings. The number of carbonyl (C=O) groups excluding carboxylic acids is 1. The van der Waals surface area contributed by atoms with Crippen molar-refractivity contribution < 1.29 is 9.90 Å². The third-order valence-electron chi connectivity index (χ3n) is 3.75. The van der Waals surface area contributed by atoms with Gasteiger partial charge in [-0.25, -0.2) is 0 Å². The van der Waals surface area contributed by atoms with Gasteiger partial charge in [0.2, 0.25) is 0 Å². The standard InChI is InChI=1S/C15H21NO2/c17-11-13-9-5-2-6-10-14(13)16-15(18)12-7-3-1-4-8-12/h1,3-4,7-8,13-14,17H,2,5-6,9-11H2,(H,16,18). The monoisotopic (exact) mass is 247 g/mol. The Bertz CT molecular complexity index is 377. The number of amides is 1. The fourth-order valence-corrected chi connectivity index (χ4v) is 2.63. The van der Waals surface area contributed by atoms with Gasteiger partial charge in [-0.2, -0.15) is 0 Å². The topological polar surface area (TPSA) is 49.3 Å². The molecule has 1 amide bonds. The molecule has 1 fully saturated rings. The Morgan fingerprint density at radius 3 is 2.61 bits per heavy atom. The van der Waals surface area contributed by atoms with Crippen LogP contribution >= 0.6 is 0 Å². The van der Waals surface area contributed by atoms with Crippen molar-refractivity contribution in [3.63, 3.8) is 0 Å². The second kappa shape index (κ2) is 6.55. The van der Waals surface area contributed by atoms with E-state index in [4.69, 9.17) is 0 Å². The lowest BCUT2D eigenvalue weighted by atomic mass is 9.95. The fraction of sp³-hybridized carbons (Fsp3) is 0.533. The maximum atomic E-state index is 12.1. The molecule has 1 aliphatic rings. The van der Waals surface area contributed by atoms with E-state index in [1.54, 1.807) is 0 Å². The molecule has 2 N–H and O–H groups in total. The molecule has 18 heavy (non-hydrogen) atoms. The van der Waals surface area contributed by atoms with Crippen molar-refractivity contribution >= 4 is 5.91 Å². The van der Waals surface area contributed by atoms with Crippen molar-refractivity contribution in [1.82, 2.24) is 5.32 Å². The molecule has 0 heterocycles. The predicted octanol–water partition coefficient (Wildman–Crippen LogP) is 2.36. The van der Waals surface area contributed by atoms with Gasteiger partial charge < -0.3 is 10.4 Å². The van der Waals surface area contributed by atoms with E-state index in [1.807, 2.05) is 30.3 Å². The highest BCUT2D eigenvalue weighted by Crippen LogP contribution is 2.23. The Balaban J connectivity index is 2.00. The summed E-state index contributed by atoms with van der Waals surface area (Å²) < 4.78 is 0. The third kappa shape index (κ3) is 3.33. The van der Waals surface area contributed by atoms with Crippen LogP contribution in [0.2, 0.25) is 0 Å². The number of hydrogen-bond acceptors (Lipinski definition) is 2. The normalized spacial score (nSPS) is 24.3. The van der Waals surface area contributed by atoms with E-state index in [2.05, 4.69) is 5.32 Å². The van der Waals surface area contributed by atoms with E-state index < -0.39 is 0 Å². The Morgan fingerprint density at radius 1 is 1.17 bits per heavy atom. The summed E-state index contributed by atoms with van der Waals surface area (Å²) in [5.74, 6) is 0.182. The lowest BCUT2D eigenvalue weighted by molar-refractivity contribution is 0.0899. The van der Waals surface area contributed by atoms with Crippen LogP contribution in [0.4, 0.5) is 0 Å². The smallest absolute Gasteiger partial charge is 0.251 e. The van der Waals surface area contributed by atoms with E-state index in [0.29, 0.717) is 5.56 Å². The Kier molecular flexibility index (Phi) is 4.76. The number of benzene rings is 1. The molecule has 0 aliphatic heterocycles. The van der Waals surface area contributed by atoms with Gasteiger partial charge in [-0.1, -0.05) is 37.5 Å². The molecule has 2 atom stereocenters. The summed E-state index contributed by atoms with van der Waals surface area (Å²) in [5.41, 5.74) is 0.693. The molecule has 1 aliphatic carbocycles. The van der Waals surface area contributed by atoms with E-state index >= 15 is 0 Å². The first kappa shape index (κ1) is 13.1. The van der Waals surface area contributed by atoms with Gasteiger partial charge >= 0.3 is 0 Å². The number of aliphatic hydroxyl groups is 1. The fourth-order valence-electron chi connectivity index (χ4n) is 2.63. The van der Waals surface area contributed by atoms with Gasteiger partial charge in [-0.05, 0) is 25.0 Å². The maximum Gasteiger partial charge on any atom is 0.251 e. The molecule has 1 saturated carbocycles. The van der Waals surface area contributed by atoms with E-state index in [-0.39, 0.29) is 24.5 Å². The first-order valence-electron chi connectivity index (χ1n) is 6.78. The molecule has 1 aromatic carbocycles. The van der Waals surface area contributed by atoms with Gasteiger partial charge in [-0.3, -0.25) is 4.79 Å². The lowest BCUT2D eigenvalue weighted by Gasteiger charge is -2.24. The molecule has 0 aromatic heterocycles. The quantitative estimate of drug-likeness (QED) is 0.806. The Hall–Kier alpha value is -1.35. The molecule has 2 rings (SSSR count). The highest BCUT2D eigenvalue weighted by Gasteiger charge is 2.24. The summed E-state index contributed by atoms with van der Waals surface area (Å²) in [6, 6.07) is 9.39.